The lowest BCUT2D eigenvalue weighted by atomic mass is 10.1. The van der Waals surface area contributed by atoms with Crippen LogP contribution in [0.15, 0.2) is 28.8 Å². The quantitative estimate of drug-likeness (QED) is 0.752. The van der Waals surface area contributed by atoms with E-state index in [9.17, 15) is 0 Å². The van der Waals surface area contributed by atoms with Gasteiger partial charge in [-0.1, -0.05) is 12.1 Å². The fourth-order valence-electron chi connectivity index (χ4n) is 2.67. The number of hydrogen-bond donors (Lipinski definition) is 1. The summed E-state index contributed by atoms with van der Waals surface area (Å²) in [6, 6.07) is 8.15. The maximum absolute atomic E-state index is 5.50. The Morgan fingerprint density at radius 2 is 1.68 bits per heavy atom. The summed E-state index contributed by atoms with van der Waals surface area (Å²) in [6.07, 6.45) is 0.868. The standard InChI is InChI=1S/C19H23N5O/c1-6-16-9-14(7-12(4)21-16)18-23-19(25-24-18)15-8-13(5)22-17(10-15)20-11(2)3/h7-11H,6H2,1-5H3,(H,20,22). The van der Waals surface area contributed by atoms with Crippen LogP contribution in [0.25, 0.3) is 22.8 Å². The summed E-state index contributed by atoms with van der Waals surface area (Å²) in [7, 11) is 0. The molecule has 0 unspecified atom stereocenters. The predicted molar refractivity (Wildman–Crippen MR) is 98.4 cm³/mol. The van der Waals surface area contributed by atoms with Gasteiger partial charge in [-0.15, -0.1) is 0 Å². The summed E-state index contributed by atoms with van der Waals surface area (Å²) >= 11 is 0. The Kier molecular flexibility index (Phi) is 4.79. The molecule has 3 rings (SSSR count). The van der Waals surface area contributed by atoms with Gasteiger partial charge in [0, 0.05) is 34.3 Å². The van der Waals surface area contributed by atoms with Gasteiger partial charge in [-0.05, 0) is 58.4 Å². The molecule has 0 aliphatic heterocycles. The van der Waals surface area contributed by atoms with E-state index in [1.165, 1.54) is 0 Å². The minimum Gasteiger partial charge on any atom is -0.368 e. The summed E-state index contributed by atoms with van der Waals surface area (Å²) in [5, 5.41) is 7.45. The normalized spacial score (nSPS) is 11.1. The summed E-state index contributed by atoms with van der Waals surface area (Å²) in [5.74, 6) is 1.86. The zero-order valence-electron chi connectivity index (χ0n) is 15.3. The Balaban J connectivity index is 1.96. The van der Waals surface area contributed by atoms with Crippen LogP contribution in [0.1, 0.15) is 37.9 Å². The molecule has 0 aliphatic rings. The Labute approximate surface area is 147 Å². The van der Waals surface area contributed by atoms with Crippen molar-refractivity contribution >= 4 is 5.82 Å². The predicted octanol–water partition coefficient (Wildman–Crippen LogP) is 4.19. The van der Waals surface area contributed by atoms with Crippen LogP contribution >= 0.6 is 0 Å². The van der Waals surface area contributed by atoms with E-state index in [0.717, 1.165) is 40.4 Å². The second kappa shape index (κ2) is 7.01. The van der Waals surface area contributed by atoms with Gasteiger partial charge in [0.15, 0.2) is 0 Å². The fraction of sp³-hybridized carbons (Fsp3) is 0.368. The Bertz CT molecular complexity index is 885. The summed E-state index contributed by atoms with van der Waals surface area (Å²) in [4.78, 5) is 13.5. The molecular formula is C19H23N5O. The molecule has 0 saturated carbocycles. The van der Waals surface area contributed by atoms with E-state index >= 15 is 0 Å². The summed E-state index contributed by atoms with van der Waals surface area (Å²) in [5.41, 5.74) is 4.64. The number of pyridine rings is 2. The largest absolute Gasteiger partial charge is 0.368 e. The van der Waals surface area contributed by atoms with Crippen molar-refractivity contribution in [2.75, 3.05) is 5.32 Å². The SMILES string of the molecule is CCc1cc(-c2noc(-c3cc(C)nc(NC(C)C)c3)n2)cc(C)n1. The summed E-state index contributed by atoms with van der Waals surface area (Å²) < 4.78 is 5.50. The van der Waals surface area contributed by atoms with Crippen molar-refractivity contribution in [2.45, 2.75) is 47.1 Å². The van der Waals surface area contributed by atoms with Crippen molar-refractivity contribution in [3.8, 4) is 22.8 Å². The molecule has 0 fully saturated rings. The molecule has 3 aromatic heterocycles. The first-order chi connectivity index (χ1) is 11.9. The van der Waals surface area contributed by atoms with Gasteiger partial charge in [0.25, 0.3) is 5.89 Å². The molecule has 6 heteroatoms. The molecule has 0 amide bonds. The first kappa shape index (κ1) is 17.1. The smallest absolute Gasteiger partial charge is 0.258 e. The molecule has 130 valence electrons. The highest BCUT2D eigenvalue weighted by Crippen LogP contribution is 2.25. The molecule has 0 spiro atoms. The number of hydrogen-bond acceptors (Lipinski definition) is 6. The van der Waals surface area contributed by atoms with Crippen molar-refractivity contribution < 1.29 is 4.52 Å². The molecule has 0 aromatic carbocycles. The fourth-order valence-corrected chi connectivity index (χ4v) is 2.67. The lowest BCUT2D eigenvalue weighted by Gasteiger charge is -2.10. The maximum Gasteiger partial charge on any atom is 0.258 e. The molecule has 1 N–H and O–H groups in total. The van der Waals surface area contributed by atoms with Crippen LogP contribution in [-0.4, -0.2) is 26.2 Å². The van der Waals surface area contributed by atoms with E-state index in [1.807, 2.05) is 38.1 Å². The summed E-state index contributed by atoms with van der Waals surface area (Å²) in [6.45, 7) is 10.2. The molecule has 0 bridgehead atoms. The van der Waals surface area contributed by atoms with E-state index in [1.54, 1.807) is 0 Å². The lowest BCUT2D eigenvalue weighted by Crippen LogP contribution is -2.11. The van der Waals surface area contributed by atoms with Crippen LogP contribution in [0.3, 0.4) is 0 Å². The number of anilines is 1. The van der Waals surface area contributed by atoms with Crippen LogP contribution < -0.4 is 5.32 Å². The third kappa shape index (κ3) is 4.02. The second-order valence-electron chi connectivity index (χ2n) is 6.45. The van der Waals surface area contributed by atoms with Gasteiger partial charge < -0.3 is 9.84 Å². The third-order valence-corrected chi connectivity index (χ3v) is 3.69. The van der Waals surface area contributed by atoms with E-state index in [4.69, 9.17) is 4.52 Å². The van der Waals surface area contributed by atoms with Crippen LogP contribution in [0.4, 0.5) is 5.82 Å². The van der Waals surface area contributed by atoms with Gasteiger partial charge in [0.1, 0.15) is 5.82 Å². The van der Waals surface area contributed by atoms with E-state index in [0.29, 0.717) is 17.8 Å². The first-order valence-electron chi connectivity index (χ1n) is 8.52. The average molecular weight is 337 g/mol. The average Bonchev–Trinajstić information content (AvgIpc) is 3.03. The van der Waals surface area contributed by atoms with Gasteiger partial charge in [0.05, 0.1) is 0 Å². The molecule has 25 heavy (non-hydrogen) atoms. The Morgan fingerprint density at radius 3 is 2.40 bits per heavy atom. The number of nitrogens with zero attached hydrogens (tertiary/aromatic N) is 4. The Hall–Kier alpha value is -2.76. The van der Waals surface area contributed by atoms with Crippen molar-refractivity contribution in [3.63, 3.8) is 0 Å². The van der Waals surface area contributed by atoms with Crippen LogP contribution in [0.5, 0.6) is 0 Å². The molecule has 3 aromatic rings. The van der Waals surface area contributed by atoms with Gasteiger partial charge in [-0.25, -0.2) is 4.98 Å². The van der Waals surface area contributed by atoms with E-state index in [-0.39, 0.29) is 0 Å². The zero-order valence-corrected chi connectivity index (χ0v) is 15.3. The highest BCUT2D eigenvalue weighted by atomic mass is 16.5. The highest BCUT2D eigenvalue weighted by Gasteiger charge is 2.14. The molecule has 3 heterocycles. The molecule has 0 aliphatic carbocycles. The van der Waals surface area contributed by atoms with E-state index < -0.39 is 0 Å². The van der Waals surface area contributed by atoms with Gasteiger partial charge in [-0.2, -0.15) is 4.98 Å². The number of aromatic nitrogens is 4. The third-order valence-electron chi connectivity index (χ3n) is 3.69. The molecular weight excluding hydrogens is 314 g/mol. The number of rotatable bonds is 5. The van der Waals surface area contributed by atoms with Crippen molar-refractivity contribution in [1.82, 2.24) is 20.1 Å². The minimum absolute atomic E-state index is 0.299. The second-order valence-corrected chi connectivity index (χ2v) is 6.45. The minimum atomic E-state index is 0.299. The maximum atomic E-state index is 5.50. The van der Waals surface area contributed by atoms with Crippen LogP contribution in [0.2, 0.25) is 0 Å². The first-order valence-corrected chi connectivity index (χ1v) is 8.52. The van der Waals surface area contributed by atoms with Gasteiger partial charge in [0.2, 0.25) is 5.82 Å². The van der Waals surface area contributed by atoms with Crippen LogP contribution in [0, 0.1) is 13.8 Å². The Morgan fingerprint density at radius 1 is 0.960 bits per heavy atom. The molecule has 6 nitrogen and oxygen atoms in total. The molecule has 0 radical (unpaired) electrons. The van der Waals surface area contributed by atoms with Crippen molar-refractivity contribution in [1.29, 1.82) is 0 Å². The molecule has 0 saturated heterocycles. The lowest BCUT2D eigenvalue weighted by molar-refractivity contribution is 0.432. The zero-order chi connectivity index (χ0) is 18.0. The highest BCUT2D eigenvalue weighted by molar-refractivity contribution is 5.63. The topological polar surface area (TPSA) is 76.7 Å². The van der Waals surface area contributed by atoms with Crippen molar-refractivity contribution in [2.24, 2.45) is 0 Å². The van der Waals surface area contributed by atoms with E-state index in [2.05, 4.69) is 46.2 Å². The van der Waals surface area contributed by atoms with Gasteiger partial charge in [-0.3, -0.25) is 4.98 Å². The number of aryl methyl sites for hydroxylation is 3. The monoisotopic (exact) mass is 337 g/mol. The van der Waals surface area contributed by atoms with Gasteiger partial charge >= 0.3 is 0 Å². The van der Waals surface area contributed by atoms with Crippen LogP contribution in [-0.2, 0) is 6.42 Å². The number of nitrogens with one attached hydrogen (secondary N) is 1. The van der Waals surface area contributed by atoms with Crippen molar-refractivity contribution in [3.05, 3.63) is 41.3 Å². The molecule has 0 atom stereocenters.